The first-order chi connectivity index (χ1) is 14.3. The predicted molar refractivity (Wildman–Crippen MR) is 112 cm³/mol. The molecule has 0 saturated carbocycles. The molecule has 3 heterocycles. The van der Waals surface area contributed by atoms with E-state index in [1.54, 1.807) is 46.6 Å². The number of rotatable bonds is 6. The Morgan fingerprint density at radius 3 is 2.27 bits per heavy atom. The monoisotopic (exact) mass is 424 g/mol. The van der Waals surface area contributed by atoms with Crippen LogP contribution in [0.25, 0.3) is 5.82 Å². The van der Waals surface area contributed by atoms with E-state index in [1.165, 1.54) is 12.5 Å². The van der Waals surface area contributed by atoms with E-state index in [9.17, 15) is 8.42 Å². The normalized spacial score (nSPS) is 11.4. The molecule has 0 amide bonds. The standard InChI is InChI=1S/C19H20N8O2S/c1-13-10-14(2)27(24-13)18-9-8-17(22-23-18)21-15-4-6-16(7-5-15)25-30(28,29)19-11-26(3)12-20-19/h4-12,25H,1-3H3,(H,21,22). The van der Waals surface area contributed by atoms with E-state index < -0.39 is 10.0 Å². The number of benzene rings is 1. The van der Waals surface area contributed by atoms with Gasteiger partial charge in [0.2, 0.25) is 0 Å². The Labute approximate surface area is 173 Å². The van der Waals surface area contributed by atoms with Crippen LogP contribution in [0.4, 0.5) is 17.2 Å². The molecule has 0 atom stereocenters. The van der Waals surface area contributed by atoms with Crippen molar-refractivity contribution in [2.45, 2.75) is 18.9 Å². The summed E-state index contributed by atoms with van der Waals surface area (Å²) in [4.78, 5) is 3.87. The SMILES string of the molecule is Cc1cc(C)n(-c2ccc(Nc3ccc(NS(=O)(=O)c4cn(C)cn4)cc3)nn2)n1. The summed E-state index contributed by atoms with van der Waals surface area (Å²) in [5.41, 5.74) is 3.06. The van der Waals surface area contributed by atoms with Crippen molar-refractivity contribution in [3.63, 3.8) is 0 Å². The van der Waals surface area contributed by atoms with E-state index in [1.807, 2.05) is 26.0 Å². The molecule has 0 aliphatic heterocycles. The first-order valence-electron chi connectivity index (χ1n) is 9.05. The van der Waals surface area contributed by atoms with Crippen molar-refractivity contribution in [2.75, 3.05) is 10.0 Å². The van der Waals surface area contributed by atoms with Crippen LogP contribution in [0.2, 0.25) is 0 Å². The maximum atomic E-state index is 12.3. The van der Waals surface area contributed by atoms with E-state index in [4.69, 9.17) is 0 Å². The average molecular weight is 424 g/mol. The average Bonchev–Trinajstić information content (AvgIpc) is 3.29. The molecule has 3 aromatic heterocycles. The minimum atomic E-state index is -3.73. The number of sulfonamides is 1. The third-order valence-electron chi connectivity index (χ3n) is 4.24. The Morgan fingerprint density at radius 1 is 0.967 bits per heavy atom. The summed E-state index contributed by atoms with van der Waals surface area (Å²) in [6.45, 7) is 3.88. The van der Waals surface area contributed by atoms with Gasteiger partial charge in [-0.05, 0) is 56.3 Å². The summed E-state index contributed by atoms with van der Waals surface area (Å²) in [5.74, 6) is 1.19. The number of hydrogen-bond acceptors (Lipinski definition) is 7. The molecular weight excluding hydrogens is 404 g/mol. The molecule has 0 radical (unpaired) electrons. The van der Waals surface area contributed by atoms with E-state index in [-0.39, 0.29) is 5.03 Å². The minimum Gasteiger partial charge on any atom is -0.339 e. The van der Waals surface area contributed by atoms with Crippen LogP contribution < -0.4 is 10.0 Å². The van der Waals surface area contributed by atoms with Crippen LogP contribution in [-0.4, -0.2) is 37.9 Å². The van der Waals surface area contributed by atoms with Crippen LogP contribution in [0, 0.1) is 13.8 Å². The van der Waals surface area contributed by atoms with E-state index >= 15 is 0 Å². The molecule has 4 aromatic rings. The molecule has 154 valence electrons. The quantitative estimate of drug-likeness (QED) is 0.488. The number of nitrogens with one attached hydrogen (secondary N) is 2. The van der Waals surface area contributed by atoms with Crippen molar-refractivity contribution in [3.05, 3.63) is 66.4 Å². The number of anilines is 3. The van der Waals surface area contributed by atoms with Crippen molar-refractivity contribution in [2.24, 2.45) is 7.05 Å². The summed E-state index contributed by atoms with van der Waals surface area (Å²) in [6.07, 6.45) is 2.87. The molecule has 0 bridgehead atoms. The molecule has 30 heavy (non-hydrogen) atoms. The fourth-order valence-corrected chi connectivity index (χ4v) is 3.91. The van der Waals surface area contributed by atoms with Crippen molar-refractivity contribution in [1.29, 1.82) is 0 Å². The van der Waals surface area contributed by atoms with Gasteiger partial charge >= 0.3 is 0 Å². The Kier molecular flexibility index (Phi) is 4.96. The largest absolute Gasteiger partial charge is 0.339 e. The molecule has 0 spiro atoms. The van der Waals surface area contributed by atoms with Crippen LogP contribution >= 0.6 is 0 Å². The van der Waals surface area contributed by atoms with Gasteiger partial charge in [0.25, 0.3) is 10.0 Å². The van der Waals surface area contributed by atoms with E-state index in [2.05, 4.69) is 30.3 Å². The fraction of sp³-hybridized carbons (Fsp3) is 0.158. The Hall–Kier alpha value is -3.73. The smallest absolute Gasteiger partial charge is 0.280 e. The summed E-state index contributed by atoms with van der Waals surface area (Å²) >= 11 is 0. The van der Waals surface area contributed by atoms with Gasteiger partial charge in [-0.25, -0.2) is 9.67 Å². The van der Waals surface area contributed by atoms with Gasteiger partial charge in [0.05, 0.1) is 12.0 Å². The number of imidazole rings is 1. The molecule has 0 saturated heterocycles. The lowest BCUT2D eigenvalue weighted by atomic mass is 10.3. The van der Waals surface area contributed by atoms with Crippen LogP contribution in [0.5, 0.6) is 0 Å². The molecule has 10 nitrogen and oxygen atoms in total. The van der Waals surface area contributed by atoms with Gasteiger partial charge in [-0.1, -0.05) is 0 Å². The van der Waals surface area contributed by atoms with Crippen molar-refractivity contribution >= 4 is 27.2 Å². The highest BCUT2D eigenvalue weighted by Gasteiger charge is 2.17. The summed E-state index contributed by atoms with van der Waals surface area (Å²) < 4.78 is 30.5. The van der Waals surface area contributed by atoms with Gasteiger partial charge in [-0.3, -0.25) is 4.72 Å². The molecule has 0 aliphatic carbocycles. The molecule has 0 unspecified atom stereocenters. The predicted octanol–water partition coefficient (Wildman–Crippen LogP) is 2.56. The Morgan fingerprint density at radius 2 is 1.70 bits per heavy atom. The van der Waals surface area contributed by atoms with Gasteiger partial charge in [0, 0.05) is 30.3 Å². The van der Waals surface area contributed by atoms with Gasteiger partial charge in [-0.2, -0.15) is 13.5 Å². The van der Waals surface area contributed by atoms with Gasteiger partial charge in [0.15, 0.2) is 16.7 Å². The van der Waals surface area contributed by atoms with Crippen molar-refractivity contribution in [1.82, 2.24) is 29.5 Å². The van der Waals surface area contributed by atoms with Gasteiger partial charge in [-0.15, -0.1) is 10.2 Å². The van der Waals surface area contributed by atoms with Crippen molar-refractivity contribution < 1.29 is 8.42 Å². The minimum absolute atomic E-state index is 0.0369. The van der Waals surface area contributed by atoms with Crippen LogP contribution in [-0.2, 0) is 17.1 Å². The zero-order valence-corrected chi connectivity index (χ0v) is 17.4. The molecule has 2 N–H and O–H groups in total. The molecule has 0 aliphatic rings. The Bertz CT molecular complexity index is 1280. The second kappa shape index (κ2) is 7.59. The topological polar surface area (TPSA) is 120 Å². The molecule has 4 rings (SSSR count). The first kappa shape index (κ1) is 19.6. The van der Waals surface area contributed by atoms with Crippen LogP contribution in [0.3, 0.4) is 0 Å². The summed E-state index contributed by atoms with van der Waals surface area (Å²) in [5, 5.41) is 15.9. The van der Waals surface area contributed by atoms with Crippen LogP contribution in [0.1, 0.15) is 11.4 Å². The lowest BCUT2D eigenvalue weighted by molar-refractivity contribution is 0.598. The fourth-order valence-electron chi connectivity index (χ4n) is 2.87. The number of aryl methyl sites for hydroxylation is 3. The highest BCUT2D eigenvalue weighted by molar-refractivity contribution is 7.92. The maximum absolute atomic E-state index is 12.3. The van der Waals surface area contributed by atoms with Crippen LogP contribution in [0.15, 0.2) is 60.0 Å². The van der Waals surface area contributed by atoms with Gasteiger partial charge in [0.1, 0.15) is 0 Å². The van der Waals surface area contributed by atoms with E-state index in [0.717, 1.165) is 17.1 Å². The number of hydrogen-bond donors (Lipinski definition) is 2. The lowest BCUT2D eigenvalue weighted by Gasteiger charge is -2.09. The first-order valence-corrected chi connectivity index (χ1v) is 10.5. The maximum Gasteiger partial charge on any atom is 0.280 e. The number of aromatic nitrogens is 6. The zero-order chi connectivity index (χ0) is 21.3. The molecular formula is C19H20N8O2S. The summed E-state index contributed by atoms with van der Waals surface area (Å²) in [6, 6.07) is 12.4. The second-order valence-electron chi connectivity index (χ2n) is 6.80. The highest BCUT2D eigenvalue weighted by atomic mass is 32.2. The highest BCUT2D eigenvalue weighted by Crippen LogP contribution is 2.20. The molecule has 1 aromatic carbocycles. The van der Waals surface area contributed by atoms with Crippen molar-refractivity contribution in [3.8, 4) is 5.82 Å². The molecule has 0 fully saturated rings. The second-order valence-corrected chi connectivity index (χ2v) is 8.43. The molecule has 11 heteroatoms. The summed E-state index contributed by atoms with van der Waals surface area (Å²) in [7, 11) is -2.02. The van der Waals surface area contributed by atoms with Gasteiger partial charge < -0.3 is 9.88 Å². The number of nitrogens with zero attached hydrogens (tertiary/aromatic N) is 6. The zero-order valence-electron chi connectivity index (χ0n) is 16.6. The van der Waals surface area contributed by atoms with E-state index in [0.29, 0.717) is 17.3 Å². The Balaban J connectivity index is 1.44. The lowest BCUT2D eigenvalue weighted by Crippen LogP contribution is -2.13. The third-order valence-corrected chi connectivity index (χ3v) is 5.51. The third kappa shape index (κ3) is 4.15.